The first-order valence-electron chi connectivity index (χ1n) is 8.23. The van der Waals surface area contributed by atoms with Crippen molar-refractivity contribution in [1.82, 2.24) is 4.90 Å². The molecule has 3 unspecified atom stereocenters. The predicted molar refractivity (Wildman–Crippen MR) is 75.2 cm³/mol. The molecule has 0 aromatic carbocycles. The van der Waals surface area contributed by atoms with E-state index in [4.69, 9.17) is 4.74 Å². The van der Waals surface area contributed by atoms with Gasteiger partial charge in [-0.3, -0.25) is 9.69 Å². The largest absolute Gasteiger partial charge is 0.378 e. The molecule has 2 heterocycles. The highest BCUT2D eigenvalue weighted by Gasteiger charge is 2.36. The van der Waals surface area contributed by atoms with E-state index in [2.05, 4.69) is 4.90 Å². The minimum absolute atomic E-state index is 0.352. The van der Waals surface area contributed by atoms with Crippen LogP contribution >= 0.6 is 0 Å². The molecule has 19 heavy (non-hydrogen) atoms. The smallest absolute Gasteiger partial charge is 0.137 e. The fraction of sp³-hybridized carbons (Fsp3) is 0.938. The van der Waals surface area contributed by atoms with Gasteiger partial charge in [0.15, 0.2) is 0 Å². The maximum atomic E-state index is 12.0. The van der Waals surface area contributed by atoms with E-state index in [0.29, 0.717) is 23.8 Å². The monoisotopic (exact) mass is 265 g/mol. The summed E-state index contributed by atoms with van der Waals surface area (Å²) in [6.07, 6.45) is 11.1. The van der Waals surface area contributed by atoms with Crippen molar-refractivity contribution < 1.29 is 9.53 Å². The number of ether oxygens (including phenoxy) is 1. The predicted octanol–water partition coefficient (Wildman–Crippen LogP) is 2.78. The highest BCUT2D eigenvalue weighted by atomic mass is 16.5. The Bertz CT molecular complexity index is 312. The van der Waals surface area contributed by atoms with Crippen LogP contribution in [0.2, 0.25) is 0 Å². The Morgan fingerprint density at radius 3 is 2.79 bits per heavy atom. The van der Waals surface area contributed by atoms with E-state index in [9.17, 15) is 4.79 Å². The Labute approximate surface area is 116 Å². The average molecular weight is 265 g/mol. The molecule has 2 aliphatic heterocycles. The van der Waals surface area contributed by atoms with Gasteiger partial charge in [0.05, 0.1) is 6.10 Å². The summed E-state index contributed by atoms with van der Waals surface area (Å²) >= 11 is 0. The second kappa shape index (κ2) is 6.36. The van der Waals surface area contributed by atoms with Crippen molar-refractivity contribution in [3.8, 4) is 0 Å². The summed E-state index contributed by atoms with van der Waals surface area (Å²) in [5, 5.41) is 0. The molecule has 1 aliphatic carbocycles. The Hall–Kier alpha value is -0.410. The minimum atomic E-state index is 0.352. The number of carbonyl (C=O) groups excluding carboxylic acids is 1. The SMILES string of the molecule is O=C1CCCC1C1CCCCN1CCC1CCCO1. The summed E-state index contributed by atoms with van der Waals surface area (Å²) in [6, 6.07) is 0.546. The Morgan fingerprint density at radius 2 is 2.05 bits per heavy atom. The van der Waals surface area contributed by atoms with Gasteiger partial charge in [-0.15, -0.1) is 0 Å². The molecule has 2 saturated heterocycles. The Kier molecular flexibility index (Phi) is 4.54. The van der Waals surface area contributed by atoms with Gasteiger partial charge in [-0.05, 0) is 51.5 Å². The van der Waals surface area contributed by atoms with Gasteiger partial charge in [-0.2, -0.15) is 0 Å². The summed E-state index contributed by atoms with van der Waals surface area (Å²) in [5.74, 6) is 0.888. The molecule has 0 N–H and O–H groups in total. The first-order chi connectivity index (χ1) is 9.34. The number of hydrogen-bond donors (Lipinski definition) is 0. The molecule has 0 radical (unpaired) electrons. The van der Waals surface area contributed by atoms with Crippen molar-refractivity contribution in [2.24, 2.45) is 5.92 Å². The van der Waals surface area contributed by atoms with Gasteiger partial charge in [0, 0.05) is 31.5 Å². The molecular formula is C16H27NO2. The molecule has 3 rings (SSSR count). The van der Waals surface area contributed by atoms with Crippen LogP contribution in [0.1, 0.15) is 57.8 Å². The average Bonchev–Trinajstić information content (AvgIpc) is 3.08. The van der Waals surface area contributed by atoms with E-state index in [-0.39, 0.29) is 0 Å². The molecule has 0 amide bonds. The van der Waals surface area contributed by atoms with E-state index in [1.165, 1.54) is 38.6 Å². The normalized spacial score (nSPS) is 37.1. The molecule has 3 nitrogen and oxygen atoms in total. The van der Waals surface area contributed by atoms with Crippen LogP contribution in [0.4, 0.5) is 0 Å². The minimum Gasteiger partial charge on any atom is -0.378 e. The van der Waals surface area contributed by atoms with E-state index in [0.717, 1.165) is 38.8 Å². The fourth-order valence-electron chi connectivity index (χ4n) is 4.18. The molecule has 0 aromatic rings. The fourth-order valence-corrected chi connectivity index (χ4v) is 4.18. The number of likely N-dealkylation sites (tertiary alicyclic amines) is 1. The molecular weight excluding hydrogens is 238 g/mol. The van der Waals surface area contributed by atoms with Gasteiger partial charge in [0.1, 0.15) is 5.78 Å². The molecule has 0 spiro atoms. The quantitative estimate of drug-likeness (QED) is 0.783. The highest BCUT2D eigenvalue weighted by Crippen LogP contribution is 2.33. The number of ketones is 1. The number of hydrogen-bond acceptors (Lipinski definition) is 3. The van der Waals surface area contributed by atoms with Crippen molar-refractivity contribution in [1.29, 1.82) is 0 Å². The number of carbonyl (C=O) groups is 1. The zero-order chi connectivity index (χ0) is 13.1. The Balaban J connectivity index is 1.55. The van der Waals surface area contributed by atoms with Crippen molar-refractivity contribution in [3.05, 3.63) is 0 Å². The maximum Gasteiger partial charge on any atom is 0.137 e. The lowest BCUT2D eigenvalue weighted by Crippen LogP contribution is -2.46. The first-order valence-corrected chi connectivity index (χ1v) is 8.23. The second-order valence-electron chi connectivity index (χ2n) is 6.49. The number of rotatable bonds is 4. The van der Waals surface area contributed by atoms with Gasteiger partial charge < -0.3 is 4.74 Å². The van der Waals surface area contributed by atoms with Crippen molar-refractivity contribution in [3.63, 3.8) is 0 Å². The summed E-state index contributed by atoms with van der Waals surface area (Å²) in [4.78, 5) is 14.6. The van der Waals surface area contributed by atoms with E-state index >= 15 is 0 Å². The highest BCUT2D eigenvalue weighted by molar-refractivity contribution is 5.83. The van der Waals surface area contributed by atoms with E-state index in [1.54, 1.807) is 0 Å². The molecule has 3 atom stereocenters. The van der Waals surface area contributed by atoms with Crippen LogP contribution in [0.25, 0.3) is 0 Å². The van der Waals surface area contributed by atoms with Crippen LogP contribution in [-0.2, 0) is 9.53 Å². The van der Waals surface area contributed by atoms with Gasteiger partial charge in [0.25, 0.3) is 0 Å². The number of Topliss-reactive ketones (excluding diaryl/α,β-unsaturated/α-hetero) is 1. The van der Waals surface area contributed by atoms with E-state index in [1.807, 2.05) is 0 Å². The molecule has 1 saturated carbocycles. The van der Waals surface area contributed by atoms with Crippen LogP contribution in [-0.4, -0.2) is 42.5 Å². The molecule has 108 valence electrons. The van der Waals surface area contributed by atoms with Gasteiger partial charge in [0.2, 0.25) is 0 Å². The maximum absolute atomic E-state index is 12.0. The van der Waals surface area contributed by atoms with Crippen LogP contribution in [0.5, 0.6) is 0 Å². The topological polar surface area (TPSA) is 29.5 Å². The second-order valence-corrected chi connectivity index (χ2v) is 6.49. The number of nitrogens with zero attached hydrogens (tertiary/aromatic N) is 1. The zero-order valence-electron chi connectivity index (χ0n) is 12.0. The third-order valence-electron chi connectivity index (χ3n) is 5.24. The lowest BCUT2D eigenvalue weighted by atomic mass is 9.88. The van der Waals surface area contributed by atoms with E-state index < -0.39 is 0 Å². The molecule has 3 aliphatic rings. The van der Waals surface area contributed by atoms with Crippen LogP contribution in [0, 0.1) is 5.92 Å². The van der Waals surface area contributed by atoms with Crippen molar-refractivity contribution >= 4 is 5.78 Å². The van der Waals surface area contributed by atoms with Crippen LogP contribution in [0.3, 0.4) is 0 Å². The summed E-state index contributed by atoms with van der Waals surface area (Å²) in [6.45, 7) is 3.29. The Morgan fingerprint density at radius 1 is 1.11 bits per heavy atom. The molecule has 0 aromatic heterocycles. The lowest BCUT2D eigenvalue weighted by molar-refractivity contribution is -0.123. The van der Waals surface area contributed by atoms with Crippen LogP contribution < -0.4 is 0 Å². The third kappa shape index (κ3) is 3.19. The van der Waals surface area contributed by atoms with Gasteiger partial charge in [-0.1, -0.05) is 6.42 Å². The van der Waals surface area contributed by atoms with Gasteiger partial charge in [-0.25, -0.2) is 0 Å². The van der Waals surface area contributed by atoms with Crippen LogP contribution in [0.15, 0.2) is 0 Å². The molecule has 3 fully saturated rings. The molecule has 0 bridgehead atoms. The summed E-state index contributed by atoms with van der Waals surface area (Å²) < 4.78 is 5.73. The third-order valence-corrected chi connectivity index (χ3v) is 5.24. The standard InChI is InChI=1S/C16H27NO2/c18-16-8-3-6-14(16)15-7-1-2-10-17(15)11-9-13-5-4-12-19-13/h13-15H,1-12H2. The number of piperidine rings is 1. The summed E-state index contributed by atoms with van der Waals surface area (Å²) in [5.41, 5.74) is 0. The van der Waals surface area contributed by atoms with Crippen molar-refractivity contribution in [2.75, 3.05) is 19.7 Å². The summed E-state index contributed by atoms with van der Waals surface area (Å²) in [7, 11) is 0. The zero-order valence-corrected chi connectivity index (χ0v) is 12.0. The van der Waals surface area contributed by atoms with Gasteiger partial charge >= 0.3 is 0 Å². The first kappa shape index (κ1) is 13.6. The molecule has 3 heteroatoms. The lowest BCUT2D eigenvalue weighted by Gasteiger charge is -2.39. The van der Waals surface area contributed by atoms with Crippen molar-refractivity contribution in [2.45, 2.75) is 69.9 Å².